The number of nitrogens with one attached hydrogen (secondary N) is 2. The maximum atomic E-state index is 11.6. The minimum atomic E-state index is -0.0342. The smallest absolute Gasteiger partial charge is 0.224 e. The number of hydrogen-bond acceptors (Lipinski definition) is 2. The van der Waals surface area contributed by atoms with Crippen LogP contribution in [0.3, 0.4) is 0 Å². The van der Waals surface area contributed by atoms with Crippen LogP contribution in [0.4, 0.5) is 5.69 Å². The molecule has 2 aromatic rings. The summed E-state index contributed by atoms with van der Waals surface area (Å²) in [5.74, 6) is -0.0342. The Labute approximate surface area is 110 Å². The number of rotatable bonds is 4. The lowest BCUT2D eigenvalue weighted by Gasteiger charge is -2.04. The van der Waals surface area contributed by atoms with Gasteiger partial charge >= 0.3 is 0 Å². The molecular weight excluding hydrogens is 250 g/mol. The number of anilines is 1. The lowest BCUT2D eigenvalue weighted by Crippen LogP contribution is -2.11. The minimum Gasteiger partial charge on any atom is -0.323 e. The topological polar surface area (TPSA) is 57.8 Å². The number of hydrogen-bond donors (Lipinski definition) is 2. The SMILES string of the molecule is Cc1ccc(CCC(=O)Nc2cn[nH]c2)cc1Cl. The zero-order chi connectivity index (χ0) is 13.0. The van der Waals surface area contributed by atoms with Gasteiger partial charge in [0.05, 0.1) is 11.9 Å². The van der Waals surface area contributed by atoms with Gasteiger partial charge in [0.15, 0.2) is 0 Å². The quantitative estimate of drug-likeness (QED) is 0.891. The van der Waals surface area contributed by atoms with Crippen LogP contribution >= 0.6 is 11.6 Å². The Morgan fingerprint density at radius 1 is 1.50 bits per heavy atom. The molecule has 0 unspecified atom stereocenters. The normalized spacial score (nSPS) is 10.3. The Hall–Kier alpha value is -1.81. The molecule has 1 amide bonds. The average molecular weight is 264 g/mol. The van der Waals surface area contributed by atoms with Crippen LogP contribution in [-0.2, 0) is 11.2 Å². The summed E-state index contributed by atoms with van der Waals surface area (Å²) in [4.78, 5) is 11.6. The Bertz CT molecular complexity index is 537. The molecule has 4 nitrogen and oxygen atoms in total. The van der Waals surface area contributed by atoms with Crippen LogP contribution in [0.5, 0.6) is 0 Å². The van der Waals surface area contributed by atoms with Crippen LogP contribution in [0.15, 0.2) is 30.6 Å². The van der Waals surface area contributed by atoms with E-state index in [1.165, 1.54) is 0 Å². The van der Waals surface area contributed by atoms with Crippen molar-refractivity contribution in [1.29, 1.82) is 0 Å². The van der Waals surface area contributed by atoms with E-state index in [2.05, 4.69) is 15.5 Å². The van der Waals surface area contributed by atoms with Crippen LogP contribution in [0.2, 0.25) is 5.02 Å². The van der Waals surface area contributed by atoms with Crippen LogP contribution < -0.4 is 5.32 Å². The molecule has 0 aliphatic heterocycles. The summed E-state index contributed by atoms with van der Waals surface area (Å²) in [6.07, 6.45) is 4.30. The van der Waals surface area contributed by atoms with E-state index < -0.39 is 0 Å². The third-order valence-electron chi connectivity index (χ3n) is 2.66. The number of amides is 1. The molecule has 0 atom stereocenters. The number of aromatic nitrogens is 2. The molecule has 0 spiro atoms. The van der Waals surface area contributed by atoms with Gasteiger partial charge in [0.25, 0.3) is 0 Å². The second kappa shape index (κ2) is 5.69. The number of aromatic amines is 1. The Kier molecular flexibility index (Phi) is 3.99. The molecule has 2 rings (SSSR count). The van der Waals surface area contributed by atoms with Gasteiger partial charge in [-0.2, -0.15) is 5.10 Å². The largest absolute Gasteiger partial charge is 0.323 e. The first kappa shape index (κ1) is 12.6. The van der Waals surface area contributed by atoms with Gasteiger partial charge in [-0.1, -0.05) is 23.7 Å². The summed E-state index contributed by atoms with van der Waals surface area (Å²) in [5.41, 5.74) is 2.79. The van der Waals surface area contributed by atoms with Gasteiger partial charge < -0.3 is 5.32 Å². The predicted octanol–water partition coefficient (Wildman–Crippen LogP) is 2.94. The number of H-pyrrole nitrogens is 1. The molecule has 94 valence electrons. The monoisotopic (exact) mass is 263 g/mol. The highest BCUT2D eigenvalue weighted by Crippen LogP contribution is 2.17. The van der Waals surface area contributed by atoms with E-state index >= 15 is 0 Å². The van der Waals surface area contributed by atoms with Crippen molar-refractivity contribution in [1.82, 2.24) is 10.2 Å². The van der Waals surface area contributed by atoms with Crippen molar-refractivity contribution in [3.8, 4) is 0 Å². The van der Waals surface area contributed by atoms with Crippen LogP contribution in [-0.4, -0.2) is 16.1 Å². The summed E-state index contributed by atoms with van der Waals surface area (Å²) in [6, 6.07) is 5.86. The summed E-state index contributed by atoms with van der Waals surface area (Å²) in [7, 11) is 0. The first-order valence-corrected chi connectivity index (χ1v) is 6.06. The highest BCUT2D eigenvalue weighted by atomic mass is 35.5. The zero-order valence-corrected chi connectivity index (χ0v) is 10.8. The van der Waals surface area contributed by atoms with E-state index in [0.717, 1.165) is 16.1 Å². The van der Waals surface area contributed by atoms with Crippen molar-refractivity contribution >= 4 is 23.2 Å². The van der Waals surface area contributed by atoms with Crippen LogP contribution in [0.1, 0.15) is 17.5 Å². The Morgan fingerprint density at radius 2 is 2.33 bits per heavy atom. The van der Waals surface area contributed by atoms with Crippen LogP contribution in [0, 0.1) is 6.92 Å². The first-order valence-electron chi connectivity index (χ1n) is 5.69. The number of benzene rings is 1. The molecule has 1 heterocycles. The van der Waals surface area contributed by atoms with E-state index in [-0.39, 0.29) is 5.91 Å². The molecular formula is C13H14ClN3O. The first-order chi connectivity index (χ1) is 8.65. The number of carbonyl (C=O) groups is 1. The summed E-state index contributed by atoms with van der Waals surface area (Å²) >= 11 is 6.03. The maximum Gasteiger partial charge on any atom is 0.224 e. The fourth-order valence-electron chi connectivity index (χ4n) is 1.59. The lowest BCUT2D eigenvalue weighted by molar-refractivity contribution is -0.116. The summed E-state index contributed by atoms with van der Waals surface area (Å²) < 4.78 is 0. The summed E-state index contributed by atoms with van der Waals surface area (Å²) in [5, 5.41) is 9.89. The molecule has 0 aliphatic carbocycles. The summed E-state index contributed by atoms with van der Waals surface area (Å²) in [6.45, 7) is 1.96. The maximum absolute atomic E-state index is 11.6. The van der Waals surface area contributed by atoms with Gasteiger partial charge in [0.2, 0.25) is 5.91 Å². The third kappa shape index (κ3) is 3.34. The van der Waals surface area contributed by atoms with Crippen molar-refractivity contribution in [2.45, 2.75) is 19.8 Å². The van der Waals surface area contributed by atoms with Gasteiger partial charge in [-0.3, -0.25) is 9.89 Å². The fraction of sp³-hybridized carbons (Fsp3) is 0.231. The van der Waals surface area contributed by atoms with E-state index in [4.69, 9.17) is 11.6 Å². The van der Waals surface area contributed by atoms with Gasteiger partial charge in [-0.15, -0.1) is 0 Å². The van der Waals surface area contributed by atoms with Crippen molar-refractivity contribution in [3.05, 3.63) is 46.7 Å². The average Bonchev–Trinajstić information content (AvgIpc) is 2.83. The number of carbonyl (C=O) groups excluding carboxylic acids is 1. The van der Waals surface area contributed by atoms with Gasteiger partial charge in [0, 0.05) is 17.6 Å². The van der Waals surface area contributed by atoms with Crippen molar-refractivity contribution in [2.24, 2.45) is 0 Å². The zero-order valence-electron chi connectivity index (χ0n) is 10.0. The van der Waals surface area contributed by atoms with Gasteiger partial charge in [0.1, 0.15) is 0 Å². The lowest BCUT2D eigenvalue weighted by atomic mass is 10.1. The van der Waals surface area contributed by atoms with Gasteiger partial charge in [-0.05, 0) is 30.5 Å². The Morgan fingerprint density at radius 3 is 3.00 bits per heavy atom. The minimum absolute atomic E-state index is 0.0342. The molecule has 0 saturated carbocycles. The number of halogens is 1. The van der Waals surface area contributed by atoms with Gasteiger partial charge in [-0.25, -0.2) is 0 Å². The molecule has 0 bridgehead atoms. The van der Waals surface area contributed by atoms with E-state index in [1.807, 2.05) is 25.1 Å². The second-order valence-electron chi connectivity index (χ2n) is 4.12. The van der Waals surface area contributed by atoms with E-state index in [0.29, 0.717) is 18.5 Å². The standard InChI is InChI=1S/C13H14ClN3O/c1-9-2-3-10(6-12(9)14)4-5-13(18)17-11-7-15-16-8-11/h2-3,6-8H,4-5H2,1H3,(H,15,16)(H,17,18). The predicted molar refractivity (Wildman–Crippen MR) is 71.7 cm³/mol. The van der Waals surface area contributed by atoms with Crippen LogP contribution in [0.25, 0.3) is 0 Å². The molecule has 0 radical (unpaired) electrons. The third-order valence-corrected chi connectivity index (χ3v) is 3.07. The van der Waals surface area contributed by atoms with E-state index in [1.54, 1.807) is 12.4 Å². The second-order valence-corrected chi connectivity index (χ2v) is 4.53. The molecule has 1 aromatic carbocycles. The van der Waals surface area contributed by atoms with E-state index in [9.17, 15) is 4.79 Å². The van der Waals surface area contributed by atoms with Crippen molar-refractivity contribution < 1.29 is 4.79 Å². The molecule has 1 aromatic heterocycles. The molecule has 0 saturated heterocycles. The highest BCUT2D eigenvalue weighted by molar-refractivity contribution is 6.31. The molecule has 2 N–H and O–H groups in total. The molecule has 0 aliphatic rings. The highest BCUT2D eigenvalue weighted by Gasteiger charge is 2.04. The van der Waals surface area contributed by atoms with Crippen molar-refractivity contribution in [3.63, 3.8) is 0 Å². The Balaban J connectivity index is 1.87. The molecule has 5 heteroatoms. The fourth-order valence-corrected chi connectivity index (χ4v) is 1.80. The number of aryl methyl sites for hydroxylation is 2. The molecule has 18 heavy (non-hydrogen) atoms. The number of nitrogens with zero attached hydrogens (tertiary/aromatic N) is 1. The van der Waals surface area contributed by atoms with Crippen molar-refractivity contribution in [2.75, 3.05) is 5.32 Å². The molecule has 0 fully saturated rings.